The summed E-state index contributed by atoms with van der Waals surface area (Å²) >= 11 is 0. The third kappa shape index (κ3) is 2.85. The molecule has 0 heterocycles. The van der Waals surface area contributed by atoms with Crippen LogP contribution in [0.4, 0.5) is 4.39 Å². The van der Waals surface area contributed by atoms with Gasteiger partial charge in [-0.2, -0.15) is 0 Å². The van der Waals surface area contributed by atoms with Gasteiger partial charge in [-0.05, 0) is 67.9 Å². The number of phenols is 1. The highest BCUT2D eigenvalue weighted by atomic mass is 19.1. The lowest BCUT2D eigenvalue weighted by atomic mass is 9.72. The Morgan fingerprint density at radius 3 is 2.65 bits per heavy atom. The topological polar surface area (TPSA) is 37.3 Å². The van der Waals surface area contributed by atoms with Gasteiger partial charge in [-0.3, -0.25) is 0 Å². The minimum absolute atomic E-state index is 0.0355. The summed E-state index contributed by atoms with van der Waals surface area (Å²) in [5.74, 6) is 0.378. The summed E-state index contributed by atoms with van der Waals surface area (Å²) in [5, 5.41) is 10.3. The van der Waals surface area contributed by atoms with Gasteiger partial charge in [0.1, 0.15) is 17.9 Å². The zero-order valence-electron chi connectivity index (χ0n) is 13.7. The normalized spacial score (nSPS) is 19.3. The van der Waals surface area contributed by atoms with Crippen molar-refractivity contribution < 1.29 is 14.3 Å². The van der Waals surface area contributed by atoms with E-state index in [2.05, 4.69) is 0 Å². The lowest BCUT2D eigenvalue weighted by Gasteiger charge is -2.32. The highest BCUT2D eigenvalue weighted by Crippen LogP contribution is 2.47. The molecule has 1 fully saturated rings. The van der Waals surface area contributed by atoms with Crippen molar-refractivity contribution in [2.75, 3.05) is 0 Å². The van der Waals surface area contributed by atoms with E-state index in [4.69, 9.17) is 0 Å². The summed E-state index contributed by atoms with van der Waals surface area (Å²) < 4.78 is 14.5. The number of aromatic hydroxyl groups is 1. The van der Waals surface area contributed by atoms with Crippen LogP contribution in [0, 0.1) is 5.92 Å². The number of halogens is 1. The van der Waals surface area contributed by atoms with Crippen molar-refractivity contribution in [3.63, 3.8) is 0 Å². The summed E-state index contributed by atoms with van der Waals surface area (Å²) in [6.07, 6.45) is 7.21. The molecule has 3 heteroatoms. The van der Waals surface area contributed by atoms with Crippen LogP contribution in [0.3, 0.4) is 0 Å². The van der Waals surface area contributed by atoms with E-state index in [1.165, 1.54) is 0 Å². The van der Waals surface area contributed by atoms with E-state index in [0.29, 0.717) is 18.4 Å². The van der Waals surface area contributed by atoms with Gasteiger partial charge in [0.15, 0.2) is 0 Å². The molecule has 0 saturated heterocycles. The van der Waals surface area contributed by atoms with Crippen molar-refractivity contribution in [3.05, 3.63) is 46.8 Å². The van der Waals surface area contributed by atoms with Gasteiger partial charge >= 0.3 is 0 Å². The molecule has 1 aromatic carbocycles. The predicted molar refractivity (Wildman–Crippen MR) is 89.9 cm³/mol. The van der Waals surface area contributed by atoms with Crippen molar-refractivity contribution in [2.45, 2.75) is 51.4 Å². The quantitative estimate of drug-likeness (QED) is 0.788. The number of rotatable bonds is 4. The van der Waals surface area contributed by atoms with E-state index in [1.54, 1.807) is 12.1 Å². The van der Waals surface area contributed by atoms with Gasteiger partial charge in [0.2, 0.25) is 0 Å². The SMILES string of the molecule is CC(C)(C=O)c1ccc(O)c(C2=CCCC(F)=C2C2CCC2)c1. The maximum absolute atomic E-state index is 14.5. The number of allylic oxidation sites excluding steroid dienone is 4. The van der Waals surface area contributed by atoms with Crippen molar-refractivity contribution in [1.82, 2.24) is 0 Å². The molecule has 2 aliphatic rings. The van der Waals surface area contributed by atoms with Crippen LogP contribution in [0.5, 0.6) is 5.75 Å². The number of carbonyl (C=O) groups is 1. The maximum Gasteiger partial charge on any atom is 0.129 e. The first-order chi connectivity index (χ1) is 10.9. The van der Waals surface area contributed by atoms with Crippen LogP contribution in [-0.4, -0.2) is 11.4 Å². The number of hydrogen-bond donors (Lipinski definition) is 1. The molecule has 0 unspecified atom stereocenters. The Kier molecular flexibility index (Phi) is 4.13. The lowest BCUT2D eigenvalue weighted by Crippen LogP contribution is -2.20. The van der Waals surface area contributed by atoms with Crippen LogP contribution in [-0.2, 0) is 10.2 Å². The molecular formula is C20H23FO2. The minimum Gasteiger partial charge on any atom is -0.507 e. The fourth-order valence-corrected chi connectivity index (χ4v) is 3.35. The van der Waals surface area contributed by atoms with Gasteiger partial charge < -0.3 is 9.90 Å². The van der Waals surface area contributed by atoms with Crippen LogP contribution in [0.15, 0.2) is 35.7 Å². The van der Waals surface area contributed by atoms with Gasteiger partial charge in [-0.1, -0.05) is 18.6 Å². The molecule has 1 saturated carbocycles. The standard InChI is InChI=1S/C20H23FO2/c1-20(2,12-22)14-9-10-18(23)16(11-14)15-7-4-8-17(21)19(15)13-5-3-6-13/h7,9-13,23H,3-6,8H2,1-2H3. The van der Waals surface area contributed by atoms with Gasteiger partial charge in [0.05, 0.1) is 0 Å². The van der Waals surface area contributed by atoms with Crippen molar-refractivity contribution >= 4 is 11.9 Å². The molecule has 0 bridgehead atoms. The number of hydrogen-bond acceptors (Lipinski definition) is 2. The molecule has 0 aromatic heterocycles. The van der Waals surface area contributed by atoms with E-state index in [9.17, 15) is 14.3 Å². The average Bonchev–Trinajstić information content (AvgIpc) is 2.48. The molecule has 1 aromatic rings. The number of carbonyl (C=O) groups excluding carboxylic acids is 1. The molecule has 0 spiro atoms. The maximum atomic E-state index is 14.5. The molecule has 3 rings (SSSR count). The molecule has 0 radical (unpaired) electrons. The van der Waals surface area contributed by atoms with Crippen molar-refractivity contribution in [2.24, 2.45) is 5.92 Å². The summed E-state index contributed by atoms with van der Waals surface area (Å²) in [7, 11) is 0. The van der Waals surface area contributed by atoms with Gasteiger partial charge in [0, 0.05) is 17.4 Å². The second kappa shape index (κ2) is 5.95. The Hall–Kier alpha value is -1.90. The molecule has 1 N–H and O–H groups in total. The van der Waals surface area contributed by atoms with Crippen LogP contribution >= 0.6 is 0 Å². The van der Waals surface area contributed by atoms with E-state index in [1.807, 2.05) is 26.0 Å². The minimum atomic E-state index is -0.628. The Morgan fingerprint density at radius 2 is 2.04 bits per heavy atom. The molecular weight excluding hydrogens is 291 g/mol. The average molecular weight is 314 g/mol. The smallest absolute Gasteiger partial charge is 0.129 e. The van der Waals surface area contributed by atoms with Crippen LogP contribution in [0.1, 0.15) is 57.1 Å². The first kappa shape index (κ1) is 16.0. The van der Waals surface area contributed by atoms with Crippen LogP contribution in [0.25, 0.3) is 5.57 Å². The summed E-state index contributed by atoms with van der Waals surface area (Å²) in [6.45, 7) is 3.68. The van der Waals surface area contributed by atoms with Gasteiger partial charge in [-0.15, -0.1) is 0 Å². The number of phenolic OH excluding ortho intramolecular Hbond substituents is 1. The zero-order chi connectivity index (χ0) is 16.6. The van der Waals surface area contributed by atoms with E-state index in [0.717, 1.165) is 42.3 Å². The van der Waals surface area contributed by atoms with E-state index < -0.39 is 5.41 Å². The lowest BCUT2D eigenvalue weighted by molar-refractivity contribution is -0.111. The third-order valence-corrected chi connectivity index (χ3v) is 5.13. The Bertz CT molecular complexity index is 694. The fourth-order valence-electron chi connectivity index (χ4n) is 3.35. The molecule has 0 atom stereocenters. The number of aldehydes is 1. The Labute approximate surface area is 136 Å². The number of benzene rings is 1. The Balaban J connectivity index is 2.08. The summed E-state index contributed by atoms with van der Waals surface area (Å²) in [5.41, 5.74) is 2.45. The second-order valence-electron chi connectivity index (χ2n) is 7.17. The predicted octanol–water partition coefficient (Wildman–Crippen LogP) is 5.07. The van der Waals surface area contributed by atoms with Gasteiger partial charge in [0.25, 0.3) is 0 Å². The molecule has 0 amide bonds. The van der Waals surface area contributed by atoms with Gasteiger partial charge in [-0.25, -0.2) is 4.39 Å². The van der Waals surface area contributed by atoms with Crippen LogP contribution < -0.4 is 0 Å². The molecule has 0 aliphatic heterocycles. The highest BCUT2D eigenvalue weighted by Gasteiger charge is 2.31. The fraction of sp³-hybridized carbons (Fsp3) is 0.450. The summed E-state index contributed by atoms with van der Waals surface area (Å²) in [4.78, 5) is 11.3. The first-order valence-electron chi connectivity index (χ1n) is 8.33. The largest absolute Gasteiger partial charge is 0.507 e. The van der Waals surface area contributed by atoms with E-state index >= 15 is 0 Å². The first-order valence-corrected chi connectivity index (χ1v) is 8.33. The third-order valence-electron chi connectivity index (χ3n) is 5.13. The monoisotopic (exact) mass is 314 g/mol. The highest BCUT2D eigenvalue weighted by molar-refractivity contribution is 5.85. The summed E-state index contributed by atoms with van der Waals surface area (Å²) in [6, 6.07) is 5.22. The molecule has 2 nitrogen and oxygen atoms in total. The van der Waals surface area contributed by atoms with Crippen molar-refractivity contribution in [1.29, 1.82) is 0 Å². The Morgan fingerprint density at radius 1 is 1.30 bits per heavy atom. The van der Waals surface area contributed by atoms with E-state index in [-0.39, 0.29) is 17.5 Å². The zero-order valence-corrected chi connectivity index (χ0v) is 13.7. The molecule has 122 valence electrons. The second-order valence-corrected chi connectivity index (χ2v) is 7.17. The molecule has 23 heavy (non-hydrogen) atoms. The molecule has 2 aliphatic carbocycles. The van der Waals surface area contributed by atoms with Crippen LogP contribution in [0.2, 0.25) is 0 Å². The van der Waals surface area contributed by atoms with Crippen molar-refractivity contribution in [3.8, 4) is 5.75 Å².